The van der Waals surface area contributed by atoms with Gasteiger partial charge in [0.05, 0.1) is 5.56 Å². The van der Waals surface area contributed by atoms with Crippen LogP contribution in [0.25, 0.3) is 0 Å². The summed E-state index contributed by atoms with van der Waals surface area (Å²) >= 11 is 0. The smallest absolute Gasteiger partial charge is 0.302 e. The molecule has 19 heavy (non-hydrogen) atoms. The van der Waals surface area contributed by atoms with Gasteiger partial charge in [-0.15, -0.1) is 0 Å². The number of carbonyl (C=O) groups excluding carboxylic acids is 3. The summed E-state index contributed by atoms with van der Waals surface area (Å²) in [5.41, 5.74) is -0.0358. The molecule has 0 saturated carbocycles. The SMILES string of the molecule is CC(=O)OCc1cc(=O)n(C)c2c1C(=O)C=CC2=O. The minimum atomic E-state index is -0.528. The van der Waals surface area contributed by atoms with Crippen LogP contribution in [-0.2, 0) is 23.2 Å². The number of pyridine rings is 1. The second-order valence-corrected chi connectivity index (χ2v) is 4.13. The molecule has 0 unspecified atom stereocenters. The lowest BCUT2D eigenvalue weighted by Crippen LogP contribution is -2.29. The van der Waals surface area contributed by atoms with Crippen LogP contribution in [-0.4, -0.2) is 22.1 Å². The molecule has 1 heterocycles. The Morgan fingerprint density at radius 2 is 1.84 bits per heavy atom. The summed E-state index contributed by atoms with van der Waals surface area (Å²) in [5.74, 6) is -1.33. The highest BCUT2D eigenvalue weighted by Crippen LogP contribution is 2.19. The number of hydrogen-bond acceptors (Lipinski definition) is 5. The van der Waals surface area contributed by atoms with Gasteiger partial charge in [0.15, 0.2) is 5.78 Å². The van der Waals surface area contributed by atoms with Gasteiger partial charge in [0.1, 0.15) is 12.3 Å². The Morgan fingerprint density at radius 3 is 2.47 bits per heavy atom. The van der Waals surface area contributed by atoms with E-state index in [2.05, 4.69) is 0 Å². The van der Waals surface area contributed by atoms with Gasteiger partial charge in [-0.05, 0) is 12.2 Å². The Bertz CT molecular complexity index is 681. The van der Waals surface area contributed by atoms with Gasteiger partial charge in [-0.2, -0.15) is 0 Å². The molecule has 1 aromatic heterocycles. The third-order valence-electron chi connectivity index (χ3n) is 2.82. The summed E-state index contributed by atoms with van der Waals surface area (Å²) in [5, 5.41) is 0. The number of hydrogen-bond donors (Lipinski definition) is 0. The van der Waals surface area contributed by atoms with E-state index in [1.807, 2.05) is 0 Å². The van der Waals surface area contributed by atoms with E-state index in [9.17, 15) is 19.2 Å². The molecule has 0 amide bonds. The highest BCUT2D eigenvalue weighted by Gasteiger charge is 2.26. The summed E-state index contributed by atoms with van der Waals surface area (Å²) < 4.78 is 5.92. The van der Waals surface area contributed by atoms with Crippen molar-refractivity contribution in [2.24, 2.45) is 7.05 Å². The molecule has 0 aliphatic heterocycles. The van der Waals surface area contributed by atoms with Gasteiger partial charge in [0.25, 0.3) is 5.56 Å². The number of allylic oxidation sites excluding steroid dienone is 2. The van der Waals surface area contributed by atoms with Crippen LogP contribution in [0.2, 0.25) is 0 Å². The molecule has 0 spiro atoms. The van der Waals surface area contributed by atoms with Gasteiger partial charge < -0.3 is 9.30 Å². The Hall–Kier alpha value is -2.50. The fraction of sp³-hybridized carbons (Fsp3) is 0.231. The number of ether oxygens (including phenoxy) is 1. The van der Waals surface area contributed by atoms with Gasteiger partial charge in [-0.3, -0.25) is 19.2 Å². The molecule has 2 rings (SSSR count). The summed E-state index contributed by atoms with van der Waals surface area (Å²) in [4.78, 5) is 46.2. The fourth-order valence-electron chi connectivity index (χ4n) is 1.92. The first-order valence-corrected chi connectivity index (χ1v) is 5.55. The first-order chi connectivity index (χ1) is 8.91. The van der Waals surface area contributed by atoms with Crippen molar-refractivity contribution < 1.29 is 19.1 Å². The molecule has 0 aromatic carbocycles. The number of esters is 1. The molecule has 6 heteroatoms. The molecule has 0 fully saturated rings. The van der Waals surface area contributed by atoms with E-state index < -0.39 is 17.3 Å². The molecule has 0 N–H and O–H groups in total. The number of carbonyl (C=O) groups is 3. The van der Waals surface area contributed by atoms with Crippen molar-refractivity contribution in [2.45, 2.75) is 13.5 Å². The molecule has 1 aliphatic rings. The van der Waals surface area contributed by atoms with Crippen molar-refractivity contribution in [1.82, 2.24) is 4.57 Å². The zero-order valence-electron chi connectivity index (χ0n) is 10.4. The highest BCUT2D eigenvalue weighted by atomic mass is 16.5. The quantitative estimate of drug-likeness (QED) is 0.719. The van der Waals surface area contributed by atoms with Gasteiger partial charge in [0.2, 0.25) is 5.78 Å². The van der Waals surface area contributed by atoms with Crippen LogP contribution < -0.4 is 5.56 Å². The Kier molecular flexibility index (Phi) is 3.16. The first-order valence-electron chi connectivity index (χ1n) is 5.55. The van der Waals surface area contributed by atoms with Crippen molar-refractivity contribution in [3.63, 3.8) is 0 Å². The number of nitrogens with zero attached hydrogens (tertiary/aromatic N) is 1. The lowest BCUT2D eigenvalue weighted by Gasteiger charge is -2.16. The molecule has 0 radical (unpaired) electrons. The predicted octanol–water partition coefficient (Wildman–Crippen LogP) is 0.384. The lowest BCUT2D eigenvalue weighted by molar-refractivity contribution is -0.142. The van der Waals surface area contributed by atoms with Crippen molar-refractivity contribution in [2.75, 3.05) is 0 Å². The Balaban J connectivity index is 2.64. The van der Waals surface area contributed by atoms with Gasteiger partial charge in [-0.1, -0.05) is 0 Å². The van der Waals surface area contributed by atoms with E-state index >= 15 is 0 Å². The van der Waals surface area contributed by atoms with E-state index in [0.717, 1.165) is 16.7 Å². The average molecular weight is 261 g/mol. The zero-order chi connectivity index (χ0) is 14.2. The number of fused-ring (bicyclic) bond motifs is 1. The first kappa shape index (κ1) is 12.9. The highest BCUT2D eigenvalue weighted by molar-refractivity contribution is 6.21. The van der Waals surface area contributed by atoms with E-state index in [4.69, 9.17) is 4.74 Å². The molecule has 98 valence electrons. The minimum Gasteiger partial charge on any atom is -0.461 e. The van der Waals surface area contributed by atoms with Crippen LogP contribution in [0.5, 0.6) is 0 Å². The van der Waals surface area contributed by atoms with Crippen molar-refractivity contribution in [3.8, 4) is 0 Å². The van der Waals surface area contributed by atoms with Crippen LogP contribution >= 0.6 is 0 Å². The molecule has 6 nitrogen and oxygen atoms in total. The number of ketones is 2. The molecule has 1 aromatic rings. The minimum absolute atomic E-state index is 0.0298. The van der Waals surface area contributed by atoms with Crippen LogP contribution in [0.3, 0.4) is 0 Å². The topological polar surface area (TPSA) is 82.4 Å². The van der Waals surface area contributed by atoms with Gasteiger partial charge in [0, 0.05) is 25.6 Å². The third kappa shape index (κ3) is 2.24. The van der Waals surface area contributed by atoms with Gasteiger partial charge >= 0.3 is 5.97 Å². The van der Waals surface area contributed by atoms with Crippen LogP contribution in [0.4, 0.5) is 0 Å². The van der Waals surface area contributed by atoms with E-state index in [0.29, 0.717) is 0 Å². The molecule has 1 aliphatic carbocycles. The maximum absolute atomic E-state index is 11.9. The summed E-state index contributed by atoms with van der Waals surface area (Å²) in [6, 6.07) is 1.20. The van der Waals surface area contributed by atoms with E-state index in [-0.39, 0.29) is 29.2 Å². The van der Waals surface area contributed by atoms with Crippen LogP contribution in [0.1, 0.15) is 33.3 Å². The number of aromatic nitrogens is 1. The Labute approximate surface area is 108 Å². The normalized spacial score (nSPS) is 13.4. The maximum Gasteiger partial charge on any atom is 0.302 e. The molecular weight excluding hydrogens is 250 g/mol. The number of rotatable bonds is 2. The van der Waals surface area contributed by atoms with Crippen LogP contribution in [0.15, 0.2) is 23.0 Å². The van der Waals surface area contributed by atoms with Gasteiger partial charge in [-0.25, -0.2) is 0 Å². The molecule has 0 bridgehead atoms. The summed E-state index contributed by atoms with van der Waals surface area (Å²) in [7, 11) is 1.42. The monoisotopic (exact) mass is 261 g/mol. The second-order valence-electron chi connectivity index (χ2n) is 4.13. The molecule has 0 saturated heterocycles. The molecule has 0 atom stereocenters. The average Bonchev–Trinajstić information content (AvgIpc) is 2.35. The standard InChI is InChI=1S/C13H11NO5/c1-7(15)19-6-8-5-11(18)14(2)13-10(17)4-3-9(16)12(8)13/h3-5H,6H2,1-2H3. The Morgan fingerprint density at radius 1 is 1.21 bits per heavy atom. The van der Waals surface area contributed by atoms with E-state index in [1.165, 1.54) is 20.0 Å². The lowest BCUT2D eigenvalue weighted by atomic mass is 9.95. The summed E-state index contributed by atoms with van der Waals surface area (Å²) in [6.07, 6.45) is 2.27. The van der Waals surface area contributed by atoms with E-state index in [1.54, 1.807) is 0 Å². The molecular formula is C13H11NO5. The second kappa shape index (κ2) is 4.64. The largest absolute Gasteiger partial charge is 0.461 e. The third-order valence-corrected chi connectivity index (χ3v) is 2.82. The maximum atomic E-state index is 11.9. The predicted molar refractivity (Wildman–Crippen MR) is 65.0 cm³/mol. The fourth-order valence-corrected chi connectivity index (χ4v) is 1.92. The van der Waals surface area contributed by atoms with Crippen molar-refractivity contribution in [1.29, 1.82) is 0 Å². The van der Waals surface area contributed by atoms with Crippen molar-refractivity contribution in [3.05, 3.63) is 45.4 Å². The van der Waals surface area contributed by atoms with Crippen LogP contribution in [0, 0.1) is 0 Å². The zero-order valence-corrected chi connectivity index (χ0v) is 10.4. The van der Waals surface area contributed by atoms with Crippen molar-refractivity contribution >= 4 is 17.5 Å². The summed E-state index contributed by atoms with van der Waals surface area (Å²) in [6.45, 7) is 1.01.